The van der Waals surface area contributed by atoms with Gasteiger partial charge in [-0.25, -0.2) is 0 Å². The summed E-state index contributed by atoms with van der Waals surface area (Å²) >= 11 is 0. The van der Waals surface area contributed by atoms with Crippen LogP contribution in [0.25, 0.3) is 0 Å². The quantitative estimate of drug-likeness (QED) is 0.627. The summed E-state index contributed by atoms with van der Waals surface area (Å²) in [6.07, 6.45) is 4.71. The molecule has 1 aliphatic carbocycles. The van der Waals surface area contributed by atoms with Crippen LogP contribution in [-0.4, -0.2) is 18.4 Å². The number of Topliss-reactive ketones (excluding diaryl/α,β-unsaturated/α-hetero) is 1. The third-order valence-corrected chi connectivity index (χ3v) is 4.23. The Balaban J connectivity index is 1.56. The topological polar surface area (TPSA) is 43.4 Å². The van der Waals surface area contributed by atoms with Crippen molar-refractivity contribution < 1.29 is 14.3 Å². The molecule has 0 spiro atoms. The van der Waals surface area contributed by atoms with Crippen LogP contribution in [0.3, 0.4) is 0 Å². The van der Waals surface area contributed by atoms with Crippen LogP contribution >= 0.6 is 0 Å². The van der Waals surface area contributed by atoms with E-state index in [1.807, 2.05) is 48.5 Å². The average Bonchev–Trinajstić information content (AvgIpc) is 2.60. The predicted octanol–water partition coefficient (Wildman–Crippen LogP) is 3.53. The second-order valence-corrected chi connectivity index (χ2v) is 5.94. The van der Waals surface area contributed by atoms with Gasteiger partial charge in [-0.05, 0) is 48.4 Å². The van der Waals surface area contributed by atoms with E-state index in [2.05, 4.69) is 0 Å². The van der Waals surface area contributed by atoms with Gasteiger partial charge < -0.3 is 4.74 Å². The average molecular weight is 308 g/mol. The van der Waals surface area contributed by atoms with E-state index in [9.17, 15) is 9.59 Å². The van der Waals surface area contributed by atoms with Gasteiger partial charge in [-0.2, -0.15) is 0 Å². The Morgan fingerprint density at radius 2 is 1.65 bits per heavy atom. The normalized spacial score (nSPS) is 13.2. The minimum atomic E-state index is -0.373. The van der Waals surface area contributed by atoms with Crippen LogP contribution in [-0.2, 0) is 28.8 Å². The van der Waals surface area contributed by atoms with Crippen LogP contribution in [0.2, 0.25) is 0 Å². The lowest BCUT2D eigenvalue weighted by Gasteiger charge is -2.16. The van der Waals surface area contributed by atoms with Crippen molar-refractivity contribution in [3.05, 3.63) is 70.8 Å². The highest BCUT2D eigenvalue weighted by molar-refractivity contribution is 5.98. The molecule has 0 aromatic heterocycles. The van der Waals surface area contributed by atoms with Gasteiger partial charge in [0.05, 0.1) is 6.42 Å². The molecule has 0 aliphatic heterocycles. The lowest BCUT2D eigenvalue weighted by Crippen LogP contribution is -2.16. The Morgan fingerprint density at radius 3 is 2.43 bits per heavy atom. The van der Waals surface area contributed by atoms with E-state index in [-0.39, 0.29) is 24.8 Å². The highest BCUT2D eigenvalue weighted by Gasteiger charge is 2.14. The number of hydrogen-bond donors (Lipinski definition) is 0. The summed E-state index contributed by atoms with van der Waals surface area (Å²) in [6, 6.07) is 15.2. The number of hydrogen-bond acceptors (Lipinski definition) is 3. The number of benzene rings is 2. The largest absolute Gasteiger partial charge is 0.457 e. The molecule has 1 aliphatic rings. The van der Waals surface area contributed by atoms with Crippen molar-refractivity contribution in [3.63, 3.8) is 0 Å². The van der Waals surface area contributed by atoms with E-state index < -0.39 is 0 Å². The maximum Gasteiger partial charge on any atom is 0.310 e. The fraction of sp³-hybridized carbons (Fsp3) is 0.300. The van der Waals surface area contributed by atoms with Crippen molar-refractivity contribution >= 4 is 11.8 Å². The van der Waals surface area contributed by atoms with Crippen molar-refractivity contribution in [2.24, 2.45) is 0 Å². The van der Waals surface area contributed by atoms with Crippen LogP contribution in [0.1, 0.15) is 39.9 Å². The number of aryl methyl sites for hydroxylation is 2. The van der Waals surface area contributed by atoms with E-state index in [0.29, 0.717) is 5.56 Å². The Kier molecular flexibility index (Phi) is 4.86. The van der Waals surface area contributed by atoms with E-state index in [1.165, 1.54) is 24.0 Å². The highest BCUT2D eigenvalue weighted by Crippen LogP contribution is 2.22. The second kappa shape index (κ2) is 7.23. The maximum absolute atomic E-state index is 12.2. The van der Waals surface area contributed by atoms with Gasteiger partial charge in [-0.15, -0.1) is 0 Å². The van der Waals surface area contributed by atoms with Gasteiger partial charge in [0.2, 0.25) is 0 Å². The molecule has 0 amide bonds. The number of fused-ring (bicyclic) bond motifs is 1. The van der Waals surface area contributed by atoms with Gasteiger partial charge in [0.15, 0.2) is 12.4 Å². The van der Waals surface area contributed by atoms with Crippen molar-refractivity contribution in [1.82, 2.24) is 0 Å². The summed E-state index contributed by atoms with van der Waals surface area (Å²) in [7, 11) is 0. The molecule has 0 saturated heterocycles. The lowest BCUT2D eigenvalue weighted by atomic mass is 9.90. The summed E-state index contributed by atoms with van der Waals surface area (Å²) < 4.78 is 5.12. The summed E-state index contributed by atoms with van der Waals surface area (Å²) in [5, 5.41) is 0. The molecule has 2 aromatic carbocycles. The summed E-state index contributed by atoms with van der Waals surface area (Å²) in [5.41, 5.74) is 4.13. The molecule has 0 unspecified atom stereocenters. The van der Waals surface area contributed by atoms with Crippen molar-refractivity contribution in [2.75, 3.05) is 6.61 Å². The molecule has 23 heavy (non-hydrogen) atoms. The fourth-order valence-corrected chi connectivity index (χ4v) is 2.95. The number of ether oxygens (including phenoxy) is 1. The number of carbonyl (C=O) groups excluding carboxylic acids is 2. The number of ketones is 1. The minimum Gasteiger partial charge on any atom is -0.457 e. The van der Waals surface area contributed by atoms with Crippen LogP contribution in [0.5, 0.6) is 0 Å². The first kappa shape index (κ1) is 15.5. The minimum absolute atomic E-state index is 0.139. The monoisotopic (exact) mass is 308 g/mol. The van der Waals surface area contributed by atoms with Gasteiger partial charge in [0, 0.05) is 5.56 Å². The van der Waals surface area contributed by atoms with Gasteiger partial charge in [0.1, 0.15) is 0 Å². The number of esters is 1. The van der Waals surface area contributed by atoms with Crippen LogP contribution in [0.15, 0.2) is 48.5 Å². The van der Waals surface area contributed by atoms with Crippen molar-refractivity contribution in [1.29, 1.82) is 0 Å². The summed E-state index contributed by atoms with van der Waals surface area (Å²) in [6.45, 7) is -0.190. The zero-order chi connectivity index (χ0) is 16.1. The number of rotatable bonds is 5. The van der Waals surface area contributed by atoms with Crippen molar-refractivity contribution in [3.8, 4) is 0 Å². The SMILES string of the molecule is O=C(Cc1ccccc1)OCC(=O)c1ccc2c(c1)CCCC2. The smallest absolute Gasteiger partial charge is 0.310 e. The Bertz CT molecular complexity index is 704. The molecule has 3 nitrogen and oxygen atoms in total. The number of carbonyl (C=O) groups is 2. The molecule has 0 N–H and O–H groups in total. The molecule has 3 heteroatoms. The van der Waals surface area contributed by atoms with Gasteiger partial charge in [-0.1, -0.05) is 42.5 Å². The molecule has 0 bridgehead atoms. The van der Waals surface area contributed by atoms with Gasteiger partial charge in [0.25, 0.3) is 0 Å². The highest BCUT2D eigenvalue weighted by atomic mass is 16.5. The standard InChI is InChI=1S/C20H20O3/c21-19(14-23-20(22)12-15-6-2-1-3-7-15)18-11-10-16-8-4-5-9-17(16)13-18/h1-3,6-7,10-11,13H,4-5,8-9,12,14H2. The van der Waals surface area contributed by atoms with Crippen LogP contribution in [0.4, 0.5) is 0 Å². The lowest BCUT2D eigenvalue weighted by molar-refractivity contribution is -0.141. The zero-order valence-corrected chi connectivity index (χ0v) is 13.1. The van der Waals surface area contributed by atoms with Crippen molar-refractivity contribution in [2.45, 2.75) is 32.1 Å². The second-order valence-electron chi connectivity index (χ2n) is 5.94. The van der Waals surface area contributed by atoms with E-state index in [4.69, 9.17) is 4.74 Å². The molecular weight excluding hydrogens is 288 g/mol. The first-order valence-corrected chi connectivity index (χ1v) is 8.07. The third-order valence-electron chi connectivity index (χ3n) is 4.23. The van der Waals surface area contributed by atoms with Gasteiger partial charge in [-0.3, -0.25) is 9.59 Å². The molecule has 0 radical (unpaired) electrons. The maximum atomic E-state index is 12.2. The Morgan fingerprint density at radius 1 is 0.913 bits per heavy atom. The zero-order valence-electron chi connectivity index (χ0n) is 13.1. The van der Waals surface area contributed by atoms with Crippen LogP contribution in [0, 0.1) is 0 Å². The Hall–Kier alpha value is -2.42. The molecular formula is C20H20O3. The molecule has 2 aromatic rings. The molecule has 0 saturated carbocycles. The predicted molar refractivity (Wildman–Crippen MR) is 88.5 cm³/mol. The molecule has 0 heterocycles. The van der Waals surface area contributed by atoms with Crippen LogP contribution < -0.4 is 0 Å². The van der Waals surface area contributed by atoms with Gasteiger partial charge >= 0.3 is 5.97 Å². The molecule has 3 rings (SSSR count). The fourth-order valence-electron chi connectivity index (χ4n) is 2.95. The molecule has 118 valence electrons. The first-order chi connectivity index (χ1) is 11.2. The van der Waals surface area contributed by atoms with E-state index in [0.717, 1.165) is 18.4 Å². The molecule has 0 fully saturated rings. The molecule has 0 atom stereocenters. The first-order valence-electron chi connectivity index (χ1n) is 8.07. The summed E-state index contributed by atoms with van der Waals surface area (Å²) in [5.74, 6) is -0.512. The third kappa shape index (κ3) is 4.07. The van der Waals surface area contributed by atoms with E-state index in [1.54, 1.807) is 0 Å². The Labute approximate surface area is 136 Å². The van der Waals surface area contributed by atoms with E-state index >= 15 is 0 Å². The summed E-state index contributed by atoms with van der Waals surface area (Å²) in [4.78, 5) is 24.0.